The number of carbonyl (C=O) groups excluding carboxylic acids is 1. The van der Waals surface area contributed by atoms with Crippen molar-refractivity contribution in [3.63, 3.8) is 0 Å². The molecule has 82 valence electrons. The highest BCUT2D eigenvalue weighted by molar-refractivity contribution is 5.82. The van der Waals surface area contributed by atoms with Gasteiger partial charge < -0.3 is 10.6 Å². The normalized spacial score (nSPS) is 24.3. The van der Waals surface area contributed by atoms with Crippen molar-refractivity contribution in [3.8, 4) is 0 Å². The third-order valence-corrected chi connectivity index (χ3v) is 2.74. The minimum Gasteiger partial charge on any atom is -0.352 e. The predicted octanol–water partition coefficient (Wildman–Crippen LogP) is 1.43. The standard InChI is InChI=1S/C11H22N2O/c1-3-6-9(2)13-11(14)10-7-4-5-8-12-10/h9-10,12H,3-8H2,1-2H3,(H,13,14)/t9?,10-/m0/s1. The summed E-state index contributed by atoms with van der Waals surface area (Å²) in [5.74, 6) is 0.186. The van der Waals surface area contributed by atoms with Gasteiger partial charge in [0.15, 0.2) is 0 Å². The van der Waals surface area contributed by atoms with Gasteiger partial charge in [-0.25, -0.2) is 0 Å². The molecular weight excluding hydrogens is 176 g/mol. The summed E-state index contributed by atoms with van der Waals surface area (Å²) >= 11 is 0. The van der Waals surface area contributed by atoms with Crippen molar-refractivity contribution in [3.05, 3.63) is 0 Å². The Morgan fingerprint density at radius 2 is 2.36 bits per heavy atom. The quantitative estimate of drug-likeness (QED) is 0.717. The van der Waals surface area contributed by atoms with Crippen LogP contribution >= 0.6 is 0 Å². The molecule has 3 heteroatoms. The number of carbonyl (C=O) groups is 1. The van der Waals surface area contributed by atoms with Crippen LogP contribution in [-0.2, 0) is 4.79 Å². The molecule has 0 spiro atoms. The molecular formula is C11H22N2O. The van der Waals surface area contributed by atoms with Gasteiger partial charge in [0.25, 0.3) is 0 Å². The second-order valence-corrected chi connectivity index (χ2v) is 4.20. The molecule has 0 bridgehead atoms. The van der Waals surface area contributed by atoms with E-state index in [1.54, 1.807) is 0 Å². The summed E-state index contributed by atoms with van der Waals surface area (Å²) in [6.45, 7) is 5.20. The van der Waals surface area contributed by atoms with Crippen molar-refractivity contribution >= 4 is 5.91 Å². The monoisotopic (exact) mass is 198 g/mol. The van der Waals surface area contributed by atoms with Crippen LogP contribution in [-0.4, -0.2) is 24.5 Å². The van der Waals surface area contributed by atoms with Crippen LogP contribution in [0.2, 0.25) is 0 Å². The summed E-state index contributed by atoms with van der Waals surface area (Å²) in [5.41, 5.74) is 0. The number of amides is 1. The molecule has 0 radical (unpaired) electrons. The summed E-state index contributed by atoms with van der Waals surface area (Å²) < 4.78 is 0. The van der Waals surface area contributed by atoms with Crippen LogP contribution < -0.4 is 10.6 Å². The third kappa shape index (κ3) is 3.66. The fourth-order valence-corrected chi connectivity index (χ4v) is 1.92. The van der Waals surface area contributed by atoms with Crippen molar-refractivity contribution in [2.24, 2.45) is 0 Å². The van der Waals surface area contributed by atoms with E-state index in [0.29, 0.717) is 6.04 Å². The topological polar surface area (TPSA) is 41.1 Å². The Balaban J connectivity index is 2.25. The molecule has 2 N–H and O–H groups in total. The smallest absolute Gasteiger partial charge is 0.237 e. The van der Waals surface area contributed by atoms with Gasteiger partial charge >= 0.3 is 0 Å². The lowest BCUT2D eigenvalue weighted by molar-refractivity contribution is -0.124. The molecule has 1 rings (SSSR count). The van der Waals surface area contributed by atoms with Gasteiger partial charge in [0.1, 0.15) is 0 Å². The van der Waals surface area contributed by atoms with Crippen molar-refractivity contribution in [1.82, 2.24) is 10.6 Å². The maximum Gasteiger partial charge on any atom is 0.237 e. The average molecular weight is 198 g/mol. The van der Waals surface area contributed by atoms with Crippen LogP contribution in [0.15, 0.2) is 0 Å². The number of hydrogen-bond acceptors (Lipinski definition) is 2. The lowest BCUT2D eigenvalue weighted by Gasteiger charge is -2.24. The van der Waals surface area contributed by atoms with E-state index in [1.807, 2.05) is 0 Å². The number of rotatable bonds is 4. The maximum atomic E-state index is 11.7. The Labute approximate surface area is 86.6 Å². The minimum atomic E-state index is 0.0584. The number of piperidine rings is 1. The Morgan fingerprint density at radius 1 is 1.57 bits per heavy atom. The zero-order chi connectivity index (χ0) is 10.4. The van der Waals surface area contributed by atoms with Gasteiger partial charge in [0, 0.05) is 6.04 Å². The first-order valence-corrected chi connectivity index (χ1v) is 5.77. The highest BCUT2D eigenvalue weighted by Crippen LogP contribution is 2.07. The molecule has 1 fully saturated rings. The van der Waals surface area contributed by atoms with E-state index >= 15 is 0 Å². The summed E-state index contributed by atoms with van der Waals surface area (Å²) in [6.07, 6.45) is 5.56. The maximum absolute atomic E-state index is 11.7. The summed E-state index contributed by atoms with van der Waals surface area (Å²) in [7, 11) is 0. The van der Waals surface area contributed by atoms with E-state index in [9.17, 15) is 4.79 Å². The van der Waals surface area contributed by atoms with Crippen molar-refractivity contribution in [1.29, 1.82) is 0 Å². The van der Waals surface area contributed by atoms with E-state index in [1.165, 1.54) is 12.8 Å². The summed E-state index contributed by atoms with van der Waals surface area (Å²) in [5, 5.41) is 6.30. The van der Waals surface area contributed by atoms with Crippen LogP contribution in [0, 0.1) is 0 Å². The Kier molecular flexibility index (Phi) is 4.94. The molecule has 1 saturated heterocycles. The molecule has 1 unspecified atom stereocenters. The fraction of sp³-hybridized carbons (Fsp3) is 0.909. The average Bonchev–Trinajstić information content (AvgIpc) is 2.19. The first-order chi connectivity index (χ1) is 6.74. The van der Waals surface area contributed by atoms with Crippen molar-refractivity contribution in [2.45, 2.75) is 58.0 Å². The highest BCUT2D eigenvalue weighted by Gasteiger charge is 2.20. The zero-order valence-electron chi connectivity index (χ0n) is 9.31. The molecule has 2 atom stereocenters. The van der Waals surface area contributed by atoms with Gasteiger partial charge in [-0.2, -0.15) is 0 Å². The van der Waals surface area contributed by atoms with Crippen LogP contribution in [0.4, 0.5) is 0 Å². The van der Waals surface area contributed by atoms with Crippen LogP contribution in [0.1, 0.15) is 46.0 Å². The van der Waals surface area contributed by atoms with Gasteiger partial charge in [0.05, 0.1) is 6.04 Å². The third-order valence-electron chi connectivity index (χ3n) is 2.74. The minimum absolute atomic E-state index is 0.0584. The van der Waals surface area contributed by atoms with E-state index in [0.717, 1.165) is 25.8 Å². The van der Waals surface area contributed by atoms with Crippen molar-refractivity contribution in [2.75, 3.05) is 6.54 Å². The molecule has 0 saturated carbocycles. The van der Waals surface area contributed by atoms with Gasteiger partial charge in [-0.3, -0.25) is 4.79 Å². The van der Waals surface area contributed by atoms with E-state index in [-0.39, 0.29) is 11.9 Å². The lowest BCUT2D eigenvalue weighted by atomic mass is 10.0. The van der Waals surface area contributed by atoms with Gasteiger partial charge in [0.2, 0.25) is 5.91 Å². The second kappa shape index (κ2) is 6.02. The summed E-state index contributed by atoms with van der Waals surface area (Å²) in [6, 6.07) is 0.374. The number of hydrogen-bond donors (Lipinski definition) is 2. The van der Waals surface area contributed by atoms with Gasteiger partial charge in [-0.1, -0.05) is 19.8 Å². The molecule has 0 aliphatic carbocycles. The number of nitrogens with one attached hydrogen (secondary N) is 2. The Morgan fingerprint density at radius 3 is 2.93 bits per heavy atom. The Hall–Kier alpha value is -0.570. The largest absolute Gasteiger partial charge is 0.352 e. The van der Waals surface area contributed by atoms with E-state index < -0.39 is 0 Å². The molecule has 1 aliphatic heterocycles. The van der Waals surface area contributed by atoms with Gasteiger partial charge in [-0.15, -0.1) is 0 Å². The molecule has 1 amide bonds. The molecule has 0 aromatic carbocycles. The first kappa shape index (κ1) is 11.5. The SMILES string of the molecule is CCCC(C)NC(=O)[C@@H]1CCCCN1. The highest BCUT2D eigenvalue weighted by atomic mass is 16.2. The second-order valence-electron chi connectivity index (χ2n) is 4.20. The lowest BCUT2D eigenvalue weighted by Crippen LogP contribution is -2.48. The predicted molar refractivity (Wildman–Crippen MR) is 58.2 cm³/mol. The molecule has 3 nitrogen and oxygen atoms in total. The molecule has 0 aromatic heterocycles. The summed E-state index contributed by atoms with van der Waals surface area (Å²) in [4.78, 5) is 11.7. The zero-order valence-corrected chi connectivity index (χ0v) is 9.31. The molecule has 1 aliphatic rings. The van der Waals surface area contributed by atoms with E-state index in [2.05, 4.69) is 24.5 Å². The first-order valence-electron chi connectivity index (χ1n) is 5.77. The Bertz CT molecular complexity index is 176. The van der Waals surface area contributed by atoms with Crippen LogP contribution in [0.25, 0.3) is 0 Å². The van der Waals surface area contributed by atoms with E-state index in [4.69, 9.17) is 0 Å². The van der Waals surface area contributed by atoms with Crippen LogP contribution in [0.3, 0.4) is 0 Å². The van der Waals surface area contributed by atoms with Crippen molar-refractivity contribution < 1.29 is 4.79 Å². The molecule has 0 aromatic rings. The molecule has 14 heavy (non-hydrogen) atoms. The van der Waals surface area contributed by atoms with Crippen LogP contribution in [0.5, 0.6) is 0 Å². The fourth-order valence-electron chi connectivity index (χ4n) is 1.92. The molecule has 1 heterocycles. The van der Waals surface area contributed by atoms with Gasteiger partial charge in [-0.05, 0) is 32.7 Å².